The number of hydrogen-bond acceptors (Lipinski definition) is 5. The van der Waals surface area contributed by atoms with Gasteiger partial charge in [0.05, 0.1) is 30.3 Å². The van der Waals surface area contributed by atoms with Gasteiger partial charge in [0.2, 0.25) is 10.0 Å². The quantitative estimate of drug-likeness (QED) is 0.861. The highest BCUT2D eigenvalue weighted by molar-refractivity contribution is 7.99. The number of hydrogen-bond donors (Lipinski definition) is 2. The Balaban J connectivity index is 2.02. The minimum Gasteiger partial charge on any atom is -0.390 e. The first kappa shape index (κ1) is 15.8. The van der Waals surface area contributed by atoms with E-state index in [2.05, 4.69) is 4.72 Å². The number of thioether (sulfide) groups is 1. The molecule has 2 atom stereocenters. The monoisotopic (exact) mass is 317 g/mol. The standard InChI is InChI=1S/C13H19NO4S2/c1-10-2-4-13(5-3-10)20(16,17)14-11-6-18-7-12(15)9-19-8-11/h2-5,11-12,14-15H,6-9H2,1H3/t11-,12-/m1/s1. The zero-order chi connectivity index (χ0) is 14.6. The van der Waals surface area contributed by atoms with E-state index in [1.54, 1.807) is 24.3 Å². The third-order valence-corrected chi connectivity index (χ3v) is 5.71. The third-order valence-electron chi connectivity index (χ3n) is 2.91. The molecule has 0 saturated carbocycles. The molecular weight excluding hydrogens is 298 g/mol. The number of ether oxygens (including phenoxy) is 1. The molecule has 1 fully saturated rings. The first-order chi connectivity index (χ1) is 9.47. The summed E-state index contributed by atoms with van der Waals surface area (Å²) >= 11 is 1.53. The van der Waals surface area contributed by atoms with Gasteiger partial charge in [-0.25, -0.2) is 13.1 Å². The smallest absolute Gasteiger partial charge is 0.240 e. The van der Waals surface area contributed by atoms with E-state index in [1.165, 1.54) is 11.8 Å². The number of aliphatic hydroxyl groups is 1. The van der Waals surface area contributed by atoms with Crippen molar-refractivity contribution in [1.29, 1.82) is 0 Å². The lowest BCUT2D eigenvalue weighted by atomic mass is 10.2. The lowest BCUT2D eigenvalue weighted by molar-refractivity contribution is 0.0407. The van der Waals surface area contributed by atoms with E-state index in [9.17, 15) is 13.5 Å². The summed E-state index contributed by atoms with van der Waals surface area (Å²) in [5, 5.41) is 9.45. The van der Waals surface area contributed by atoms with Gasteiger partial charge in [0.25, 0.3) is 0 Å². The van der Waals surface area contributed by atoms with Crippen LogP contribution in [0.1, 0.15) is 5.56 Å². The number of sulfonamides is 1. The summed E-state index contributed by atoms with van der Waals surface area (Å²) in [7, 11) is -3.52. The summed E-state index contributed by atoms with van der Waals surface area (Å²) in [6.45, 7) is 2.43. The van der Waals surface area contributed by atoms with Gasteiger partial charge in [-0.3, -0.25) is 0 Å². The van der Waals surface area contributed by atoms with E-state index >= 15 is 0 Å². The number of aliphatic hydroxyl groups excluding tert-OH is 1. The van der Waals surface area contributed by atoms with Crippen LogP contribution in [0, 0.1) is 6.92 Å². The van der Waals surface area contributed by atoms with Crippen molar-refractivity contribution in [3.8, 4) is 0 Å². The summed E-state index contributed by atoms with van der Waals surface area (Å²) < 4.78 is 32.5. The zero-order valence-electron chi connectivity index (χ0n) is 11.3. The Morgan fingerprint density at radius 3 is 2.65 bits per heavy atom. The van der Waals surface area contributed by atoms with Crippen molar-refractivity contribution in [2.24, 2.45) is 0 Å². The Labute approximate surface area is 123 Å². The average Bonchev–Trinajstić information content (AvgIpc) is 2.36. The van der Waals surface area contributed by atoms with Crippen LogP contribution >= 0.6 is 11.8 Å². The lowest BCUT2D eigenvalue weighted by Gasteiger charge is -2.23. The Bertz CT molecular complexity index is 520. The molecule has 2 rings (SSSR count). The van der Waals surface area contributed by atoms with Gasteiger partial charge < -0.3 is 9.84 Å². The number of aryl methyl sites for hydroxylation is 1. The van der Waals surface area contributed by atoms with Crippen LogP contribution in [-0.4, -0.2) is 50.4 Å². The maximum Gasteiger partial charge on any atom is 0.240 e. The predicted molar refractivity (Wildman–Crippen MR) is 79.4 cm³/mol. The van der Waals surface area contributed by atoms with Crippen molar-refractivity contribution in [3.63, 3.8) is 0 Å². The van der Waals surface area contributed by atoms with E-state index < -0.39 is 16.1 Å². The van der Waals surface area contributed by atoms with Crippen molar-refractivity contribution in [1.82, 2.24) is 4.72 Å². The van der Waals surface area contributed by atoms with E-state index in [1.807, 2.05) is 6.92 Å². The zero-order valence-corrected chi connectivity index (χ0v) is 12.9. The second-order valence-electron chi connectivity index (χ2n) is 4.86. The molecule has 112 valence electrons. The third kappa shape index (κ3) is 4.46. The van der Waals surface area contributed by atoms with Crippen LogP contribution in [-0.2, 0) is 14.8 Å². The second-order valence-corrected chi connectivity index (χ2v) is 7.65. The highest BCUT2D eigenvalue weighted by Crippen LogP contribution is 2.14. The van der Waals surface area contributed by atoms with Crippen LogP contribution in [0.25, 0.3) is 0 Å². The summed E-state index contributed by atoms with van der Waals surface area (Å²) in [6.07, 6.45) is -0.477. The molecular formula is C13H19NO4S2. The van der Waals surface area contributed by atoms with Crippen molar-refractivity contribution in [2.75, 3.05) is 24.7 Å². The van der Waals surface area contributed by atoms with Gasteiger partial charge in [-0.1, -0.05) is 17.7 Å². The fraction of sp³-hybridized carbons (Fsp3) is 0.538. The molecule has 5 nitrogen and oxygen atoms in total. The first-order valence-corrected chi connectivity index (χ1v) is 9.04. The lowest BCUT2D eigenvalue weighted by Crippen LogP contribution is -2.42. The van der Waals surface area contributed by atoms with Gasteiger partial charge >= 0.3 is 0 Å². The number of nitrogens with one attached hydrogen (secondary N) is 1. The van der Waals surface area contributed by atoms with Gasteiger partial charge in [0.15, 0.2) is 0 Å². The predicted octanol–water partition coefficient (Wildman–Crippen LogP) is 0.766. The summed E-state index contributed by atoms with van der Waals surface area (Å²) in [5.74, 6) is 1.14. The highest BCUT2D eigenvalue weighted by atomic mass is 32.2. The van der Waals surface area contributed by atoms with E-state index in [0.29, 0.717) is 11.5 Å². The summed E-state index contributed by atoms with van der Waals surface area (Å²) in [4.78, 5) is 0.259. The molecule has 0 bridgehead atoms. The van der Waals surface area contributed by atoms with Gasteiger partial charge in [-0.15, -0.1) is 0 Å². The SMILES string of the molecule is Cc1ccc(S(=O)(=O)N[C@@H]2COC[C@@H](O)CSC2)cc1. The fourth-order valence-corrected chi connectivity index (χ4v) is 4.16. The maximum atomic E-state index is 12.2. The molecule has 0 aromatic heterocycles. The molecule has 1 saturated heterocycles. The van der Waals surface area contributed by atoms with Crippen LogP contribution in [0.5, 0.6) is 0 Å². The largest absolute Gasteiger partial charge is 0.390 e. The molecule has 1 aromatic carbocycles. The average molecular weight is 317 g/mol. The van der Waals surface area contributed by atoms with Crippen LogP contribution in [0.4, 0.5) is 0 Å². The Hall–Kier alpha value is -0.600. The van der Waals surface area contributed by atoms with E-state index in [-0.39, 0.29) is 24.2 Å². The van der Waals surface area contributed by atoms with E-state index in [0.717, 1.165) is 5.56 Å². The van der Waals surface area contributed by atoms with Crippen molar-refractivity contribution in [2.45, 2.75) is 24.0 Å². The Kier molecular flexibility index (Phi) is 5.45. The minimum absolute atomic E-state index is 0.246. The Morgan fingerprint density at radius 1 is 1.25 bits per heavy atom. The van der Waals surface area contributed by atoms with Gasteiger partial charge in [-0.2, -0.15) is 11.8 Å². The van der Waals surface area contributed by atoms with Crippen LogP contribution in [0.3, 0.4) is 0 Å². The van der Waals surface area contributed by atoms with Gasteiger partial charge in [0, 0.05) is 11.5 Å². The Morgan fingerprint density at radius 2 is 1.95 bits per heavy atom. The molecule has 1 aromatic rings. The molecule has 2 N–H and O–H groups in total. The van der Waals surface area contributed by atoms with Crippen molar-refractivity contribution < 1.29 is 18.3 Å². The first-order valence-electron chi connectivity index (χ1n) is 6.40. The summed E-state index contributed by atoms with van der Waals surface area (Å²) in [6, 6.07) is 6.46. The summed E-state index contributed by atoms with van der Waals surface area (Å²) in [5.41, 5.74) is 1.02. The molecule has 20 heavy (non-hydrogen) atoms. The fourth-order valence-electron chi connectivity index (χ4n) is 1.86. The number of benzene rings is 1. The minimum atomic E-state index is -3.52. The van der Waals surface area contributed by atoms with Gasteiger partial charge in [0.1, 0.15) is 0 Å². The van der Waals surface area contributed by atoms with Crippen LogP contribution < -0.4 is 4.72 Å². The van der Waals surface area contributed by atoms with Crippen LogP contribution in [0.2, 0.25) is 0 Å². The second kappa shape index (κ2) is 6.91. The van der Waals surface area contributed by atoms with E-state index in [4.69, 9.17) is 4.74 Å². The van der Waals surface area contributed by atoms with Crippen LogP contribution in [0.15, 0.2) is 29.2 Å². The van der Waals surface area contributed by atoms with Crippen molar-refractivity contribution in [3.05, 3.63) is 29.8 Å². The molecule has 1 aliphatic rings. The maximum absolute atomic E-state index is 12.2. The molecule has 1 aliphatic heterocycles. The molecule has 0 radical (unpaired) electrons. The molecule has 1 heterocycles. The highest BCUT2D eigenvalue weighted by Gasteiger charge is 2.22. The normalized spacial score (nSPS) is 24.9. The molecule has 0 spiro atoms. The molecule has 0 aliphatic carbocycles. The van der Waals surface area contributed by atoms with Crippen molar-refractivity contribution >= 4 is 21.8 Å². The molecule has 7 heteroatoms. The number of rotatable bonds is 3. The molecule has 0 unspecified atom stereocenters. The van der Waals surface area contributed by atoms with Gasteiger partial charge in [-0.05, 0) is 19.1 Å². The molecule has 0 amide bonds. The topological polar surface area (TPSA) is 75.6 Å².